The first kappa shape index (κ1) is 19.5. The Balaban J connectivity index is 1.17. The average molecular weight is 383 g/mol. The molecular weight excluding hydrogens is 348 g/mol. The van der Waals surface area contributed by atoms with E-state index in [1.165, 1.54) is 24.8 Å². The quantitative estimate of drug-likeness (QED) is 0.675. The predicted molar refractivity (Wildman–Crippen MR) is 112 cm³/mol. The van der Waals surface area contributed by atoms with E-state index in [0.717, 1.165) is 44.8 Å². The predicted octanol–water partition coefficient (Wildman–Crippen LogP) is 3.62. The van der Waals surface area contributed by atoms with E-state index in [1.807, 2.05) is 24.1 Å². The first-order valence-corrected chi connectivity index (χ1v) is 10.9. The summed E-state index contributed by atoms with van der Waals surface area (Å²) in [5, 5.41) is 0. The molecule has 3 atom stereocenters. The molecule has 4 heteroatoms. The Morgan fingerprint density at radius 1 is 1.14 bits per heavy atom. The van der Waals surface area contributed by atoms with Crippen molar-refractivity contribution in [2.75, 3.05) is 40.3 Å². The first-order valence-electron chi connectivity index (χ1n) is 10.9. The van der Waals surface area contributed by atoms with Gasteiger partial charge >= 0.3 is 0 Å². The van der Waals surface area contributed by atoms with Crippen LogP contribution in [0.4, 0.5) is 0 Å². The summed E-state index contributed by atoms with van der Waals surface area (Å²) < 4.78 is 5.23. The molecule has 28 heavy (non-hydrogen) atoms. The molecule has 0 unspecified atom stereocenters. The normalized spacial score (nSPS) is 27.3. The zero-order chi connectivity index (χ0) is 19.5. The summed E-state index contributed by atoms with van der Waals surface area (Å²) in [5.41, 5.74) is 1.37. The molecule has 2 aliphatic carbocycles. The van der Waals surface area contributed by atoms with Crippen LogP contribution in [0.3, 0.4) is 0 Å². The highest BCUT2D eigenvalue weighted by Gasteiger charge is 2.41. The SMILES string of the molecule is COc1ccc(CCN2CCC(CN(C)C(=O)[C@@H]3C[C@@H]4C=C[C@H]3C4)CC2)cc1. The van der Waals surface area contributed by atoms with Crippen LogP contribution in [0.1, 0.15) is 31.2 Å². The first-order chi connectivity index (χ1) is 13.6. The van der Waals surface area contributed by atoms with Crippen molar-refractivity contribution in [2.45, 2.75) is 32.1 Å². The number of piperidine rings is 1. The van der Waals surface area contributed by atoms with Gasteiger partial charge in [0.2, 0.25) is 5.91 Å². The summed E-state index contributed by atoms with van der Waals surface area (Å²) in [4.78, 5) is 17.5. The van der Waals surface area contributed by atoms with Gasteiger partial charge in [-0.3, -0.25) is 4.79 Å². The van der Waals surface area contributed by atoms with Crippen molar-refractivity contribution in [1.82, 2.24) is 9.80 Å². The van der Waals surface area contributed by atoms with Crippen LogP contribution >= 0.6 is 0 Å². The third-order valence-corrected chi connectivity index (χ3v) is 7.09. The largest absolute Gasteiger partial charge is 0.497 e. The van der Waals surface area contributed by atoms with Crippen molar-refractivity contribution in [2.24, 2.45) is 23.7 Å². The Hall–Kier alpha value is -1.81. The molecule has 1 saturated heterocycles. The van der Waals surface area contributed by atoms with Gasteiger partial charge in [0.15, 0.2) is 0 Å². The fourth-order valence-electron chi connectivity index (χ4n) is 5.30. The number of benzene rings is 1. The number of nitrogens with zero attached hydrogens (tertiary/aromatic N) is 2. The number of allylic oxidation sites excluding steroid dienone is 2. The fourth-order valence-corrected chi connectivity index (χ4v) is 5.30. The molecule has 0 N–H and O–H groups in total. The van der Waals surface area contributed by atoms with Crippen LogP contribution in [0.5, 0.6) is 5.75 Å². The molecular formula is C24H34N2O2. The second kappa shape index (κ2) is 8.69. The minimum atomic E-state index is 0.254. The third kappa shape index (κ3) is 4.43. The van der Waals surface area contributed by atoms with Gasteiger partial charge in [0, 0.05) is 26.1 Å². The summed E-state index contributed by atoms with van der Waals surface area (Å²) in [6.07, 6.45) is 10.4. The highest BCUT2D eigenvalue weighted by Crippen LogP contribution is 2.44. The number of methoxy groups -OCH3 is 1. The van der Waals surface area contributed by atoms with Gasteiger partial charge in [-0.1, -0.05) is 24.3 Å². The number of carbonyl (C=O) groups is 1. The summed E-state index contributed by atoms with van der Waals surface area (Å²) in [6, 6.07) is 8.41. The molecule has 1 saturated carbocycles. The highest BCUT2D eigenvalue weighted by atomic mass is 16.5. The number of hydrogen-bond donors (Lipinski definition) is 0. The summed E-state index contributed by atoms with van der Waals surface area (Å²) in [7, 11) is 3.73. The summed E-state index contributed by atoms with van der Waals surface area (Å²) in [6.45, 7) is 4.35. The standard InChI is InChI=1S/C24H34N2O2/c1-25(24(27)23-16-20-3-6-21(23)15-20)17-19-10-13-26(14-11-19)12-9-18-4-7-22(28-2)8-5-18/h3-8,19-21,23H,9-17H2,1-2H3/t20-,21+,23-/m1/s1. The van der Waals surface area contributed by atoms with Crippen molar-refractivity contribution < 1.29 is 9.53 Å². The number of amides is 1. The van der Waals surface area contributed by atoms with Crippen molar-refractivity contribution >= 4 is 5.91 Å². The van der Waals surface area contributed by atoms with Crippen LogP contribution in [0, 0.1) is 23.7 Å². The smallest absolute Gasteiger partial charge is 0.226 e. The maximum Gasteiger partial charge on any atom is 0.226 e. The number of ether oxygens (including phenoxy) is 1. The van der Waals surface area contributed by atoms with Crippen molar-refractivity contribution in [3.8, 4) is 5.75 Å². The maximum absolute atomic E-state index is 12.9. The van der Waals surface area contributed by atoms with Gasteiger partial charge in [0.1, 0.15) is 5.75 Å². The van der Waals surface area contributed by atoms with Gasteiger partial charge in [0.05, 0.1) is 7.11 Å². The van der Waals surface area contributed by atoms with Gasteiger partial charge in [-0.05, 0) is 80.6 Å². The van der Waals surface area contributed by atoms with Crippen LogP contribution in [-0.4, -0.2) is 56.0 Å². The van der Waals surface area contributed by atoms with Crippen LogP contribution in [0.2, 0.25) is 0 Å². The van der Waals surface area contributed by atoms with E-state index < -0.39 is 0 Å². The lowest BCUT2D eigenvalue weighted by Gasteiger charge is -2.35. The fraction of sp³-hybridized carbons (Fsp3) is 0.625. The zero-order valence-electron chi connectivity index (χ0n) is 17.3. The van der Waals surface area contributed by atoms with E-state index in [2.05, 4.69) is 29.2 Å². The molecule has 0 aromatic heterocycles. The van der Waals surface area contributed by atoms with Gasteiger partial charge < -0.3 is 14.5 Å². The molecule has 2 fully saturated rings. The Morgan fingerprint density at radius 2 is 1.89 bits per heavy atom. The third-order valence-electron chi connectivity index (χ3n) is 7.09. The molecule has 4 rings (SSSR count). The number of carbonyl (C=O) groups excluding carboxylic acids is 1. The zero-order valence-corrected chi connectivity index (χ0v) is 17.3. The lowest BCUT2D eigenvalue weighted by Crippen LogP contribution is -2.42. The average Bonchev–Trinajstić information content (AvgIpc) is 3.37. The Labute approximate surface area is 169 Å². The second-order valence-electron chi connectivity index (χ2n) is 8.99. The number of fused-ring (bicyclic) bond motifs is 2. The van der Waals surface area contributed by atoms with Crippen molar-refractivity contribution in [3.05, 3.63) is 42.0 Å². The van der Waals surface area contributed by atoms with E-state index in [4.69, 9.17) is 4.74 Å². The van der Waals surface area contributed by atoms with E-state index in [1.54, 1.807) is 7.11 Å². The molecule has 1 heterocycles. The Kier molecular flexibility index (Phi) is 6.05. The van der Waals surface area contributed by atoms with Crippen molar-refractivity contribution in [1.29, 1.82) is 0 Å². The Bertz CT molecular complexity index is 691. The molecule has 1 aromatic rings. The molecule has 0 spiro atoms. The van der Waals surface area contributed by atoms with Gasteiger partial charge in [-0.2, -0.15) is 0 Å². The molecule has 1 aromatic carbocycles. The Morgan fingerprint density at radius 3 is 2.50 bits per heavy atom. The van der Waals surface area contributed by atoms with Crippen LogP contribution in [-0.2, 0) is 11.2 Å². The minimum absolute atomic E-state index is 0.254. The molecule has 4 nitrogen and oxygen atoms in total. The lowest BCUT2D eigenvalue weighted by atomic mass is 9.91. The molecule has 1 amide bonds. The molecule has 3 aliphatic rings. The summed E-state index contributed by atoms with van der Waals surface area (Å²) in [5.74, 6) is 3.40. The number of hydrogen-bond acceptors (Lipinski definition) is 3. The van der Waals surface area contributed by atoms with Gasteiger partial charge in [-0.25, -0.2) is 0 Å². The van der Waals surface area contributed by atoms with Crippen LogP contribution in [0.15, 0.2) is 36.4 Å². The van der Waals surface area contributed by atoms with Crippen LogP contribution in [0.25, 0.3) is 0 Å². The minimum Gasteiger partial charge on any atom is -0.497 e. The molecule has 0 radical (unpaired) electrons. The van der Waals surface area contributed by atoms with Crippen molar-refractivity contribution in [3.63, 3.8) is 0 Å². The number of rotatable bonds is 7. The molecule has 2 bridgehead atoms. The highest BCUT2D eigenvalue weighted by molar-refractivity contribution is 5.80. The van der Waals surface area contributed by atoms with E-state index >= 15 is 0 Å². The number of likely N-dealkylation sites (tertiary alicyclic amines) is 1. The monoisotopic (exact) mass is 382 g/mol. The van der Waals surface area contributed by atoms with E-state index in [-0.39, 0.29) is 5.92 Å². The topological polar surface area (TPSA) is 32.8 Å². The maximum atomic E-state index is 12.9. The second-order valence-corrected chi connectivity index (χ2v) is 8.99. The lowest BCUT2D eigenvalue weighted by molar-refractivity contribution is -0.135. The molecule has 152 valence electrons. The van der Waals surface area contributed by atoms with E-state index in [0.29, 0.717) is 23.7 Å². The van der Waals surface area contributed by atoms with Gasteiger partial charge in [-0.15, -0.1) is 0 Å². The molecule has 1 aliphatic heterocycles. The van der Waals surface area contributed by atoms with Gasteiger partial charge in [0.25, 0.3) is 0 Å². The van der Waals surface area contributed by atoms with Crippen LogP contribution < -0.4 is 4.74 Å². The van der Waals surface area contributed by atoms with E-state index in [9.17, 15) is 4.79 Å². The summed E-state index contributed by atoms with van der Waals surface area (Å²) >= 11 is 0.